The highest BCUT2D eigenvalue weighted by atomic mass is 32.1. The van der Waals surface area contributed by atoms with Crippen LogP contribution in [0.3, 0.4) is 0 Å². The second-order valence-corrected chi connectivity index (χ2v) is 6.68. The quantitative estimate of drug-likeness (QED) is 0.688. The molecular formula is C17H16N4OS. The van der Waals surface area contributed by atoms with Gasteiger partial charge in [0.15, 0.2) is 0 Å². The second-order valence-electron chi connectivity index (χ2n) is 5.77. The minimum Gasteiger partial charge on any atom is -0.321 e. The van der Waals surface area contributed by atoms with Gasteiger partial charge < -0.3 is 10.8 Å². The predicted molar refractivity (Wildman–Crippen MR) is 91.1 cm³/mol. The van der Waals surface area contributed by atoms with Crippen LogP contribution in [0.1, 0.15) is 23.1 Å². The summed E-state index contributed by atoms with van der Waals surface area (Å²) in [6.45, 7) is 1.94. The van der Waals surface area contributed by atoms with Gasteiger partial charge in [-0.05, 0) is 41.6 Å². The van der Waals surface area contributed by atoms with Gasteiger partial charge in [0.05, 0.1) is 17.2 Å². The van der Waals surface area contributed by atoms with Gasteiger partial charge in [-0.2, -0.15) is 5.26 Å². The first-order chi connectivity index (χ1) is 11.0. The van der Waals surface area contributed by atoms with Crippen LogP contribution in [0.2, 0.25) is 0 Å². The molecule has 1 atom stereocenters. The molecule has 116 valence electrons. The fourth-order valence-corrected chi connectivity index (χ4v) is 3.50. The Balaban J connectivity index is 1.88. The minimum atomic E-state index is -0.582. The lowest BCUT2D eigenvalue weighted by Crippen LogP contribution is -2.34. The summed E-state index contributed by atoms with van der Waals surface area (Å²) >= 11 is 1.58. The van der Waals surface area contributed by atoms with E-state index in [-0.39, 0.29) is 5.56 Å². The van der Waals surface area contributed by atoms with E-state index in [0.29, 0.717) is 12.0 Å². The number of rotatable bonds is 4. The molecular weight excluding hydrogens is 308 g/mol. The zero-order valence-electron chi connectivity index (χ0n) is 12.6. The average molecular weight is 324 g/mol. The lowest BCUT2D eigenvalue weighted by molar-refractivity contribution is 0.495. The Labute approximate surface area is 137 Å². The Morgan fingerprint density at radius 1 is 1.26 bits per heavy atom. The van der Waals surface area contributed by atoms with Gasteiger partial charge in [-0.1, -0.05) is 12.1 Å². The average Bonchev–Trinajstić information content (AvgIpc) is 3.16. The molecule has 3 rings (SSSR count). The van der Waals surface area contributed by atoms with Gasteiger partial charge in [0.1, 0.15) is 0 Å². The van der Waals surface area contributed by atoms with Crippen molar-refractivity contribution in [3.63, 3.8) is 0 Å². The number of nitrogens with zero attached hydrogens (tertiary/aromatic N) is 1. The fraction of sp³-hybridized carbons (Fsp3) is 0.176. The van der Waals surface area contributed by atoms with Crippen molar-refractivity contribution in [3.8, 4) is 17.2 Å². The maximum atomic E-state index is 11.2. The number of H-pyrrole nitrogens is 2. The van der Waals surface area contributed by atoms with Crippen molar-refractivity contribution in [2.24, 2.45) is 5.73 Å². The van der Waals surface area contributed by atoms with E-state index in [0.717, 1.165) is 21.7 Å². The zero-order valence-corrected chi connectivity index (χ0v) is 13.4. The molecule has 6 heteroatoms. The van der Waals surface area contributed by atoms with E-state index in [1.165, 1.54) is 6.07 Å². The number of aromatic nitrogens is 2. The molecule has 0 amide bonds. The van der Waals surface area contributed by atoms with Crippen LogP contribution < -0.4 is 11.3 Å². The number of hydrogen-bond donors (Lipinski definition) is 3. The van der Waals surface area contributed by atoms with Crippen molar-refractivity contribution in [2.45, 2.75) is 18.9 Å². The summed E-state index contributed by atoms with van der Waals surface area (Å²) in [7, 11) is 0. The molecule has 0 bridgehead atoms. The molecule has 0 fully saturated rings. The summed E-state index contributed by atoms with van der Waals surface area (Å²) < 4.78 is 0. The molecule has 0 saturated heterocycles. The van der Waals surface area contributed by atoms with E-state index < -0.39 is 5.54 Å². The van der Waals surface area contributed by atoms with Crippen molar-refractivity contribution in [1.82, 2.24) is 10.2 Å². The third kappa shape index (κ3) is 3.26. The predicted octanol–water partition coefficient (Wildman–Crippen LogP) is 2.72. The van der Waals surface area contributed by atoms with E-state index in [1.54, 1.807) is 17.4 Å². The normalized spacial score (nSPS) is 13.4. The highest BCUT2D eigenvalue weighted by Gasteiger charge is 2.25. The topological polar surface area (TPSA) is 98.5 Å². The van der Waals surface area contributed by atoms with Crippen molar-refractivity contribution in [2.75, 3.05) is 0 Å². The molecule has 2 aromatic heterocycles. The summed E-state index contributed by atoms with van der Waals surface area (Å²) in [6.07, 6.45) is 0.532. The standard InChI is InChI=1S/C17H16N4OS/c1-17(19,8-14-7-16(22)21-20-14)15-6-13(10-23-15)12-4-2-3-11(5-12)9-18/h2-7,10H,8,19H2,1H3,(H2,20,21,22)/t17-/m0/s1. The van der Waals surface area contributed by atoms with Crippen molar-refractivity contribution in [1.29, 1.82) is 5.26 Å². The largest absolute Gasteiger partial charge is 0.321 e. The molecule has 3 aromatic rings. The Morgan fingerprint density at radius 2 is 2.09 bits per heavy atom. The fourth-order valence-electron chi connectivity index (χ4n) is 2.51. The highest BCUT2D eigenvalue weighted by molar-refractivity contribution is 7.10. The van der Waals surface area contributed by atoms with Gasteiger partial charge in [0.2, 0.25) is 0 Å². The maximum absolute atomic E-state index is 11.2. The number of aromatic amines is 2. The summed E-state index contributed by atoms with van der Waals surface area (Å²) in [5.74, 6) is 0. The first kappa shape index (κ1) is 15.3. The zero-order chi connectivity index (χ0) is 16.4. The molecule has 0 spiro atoms. The molecule has 1 aromatic carbocycles. The number of nitrogens with one attached hydrogen (secondary N) is 2. The van der Waals surface area contributed by atoms with Crippen molar-refractivity contribution >= 4 is 11.3 Å². The molecule has 0 radical (unpaired) electrons. The Kier molecular flexibility index (Phi) is 3.90. The van der Waals surface area contributed by atoms with Gasteiger partial charge in [0.25, 0.3) is 5.56 Å². The molecule has 0 aliphatic rings. The van der Waals surface area contributed by atoms with Crippen LogP contribution in [-0.2, 0) is 12.0 Å². The molecule has 0 unspecified atom stereocenters. The summed E-state index contributed by atoms with van der Waals surface area (Å²) in [5.41, 5.74) is 9.16. The smallest absolute Gasteiger partial charge is 0.264 e. The molecule has 2 heterocycles. The van der Waals surface area contributed by atoms with Crippen LogP contribution in [0.15, 0.2) is 46.6 Å². The lowest BCUT2D eigenvalue weighted by Gasteiger charge is -2.22. The van der Waals surface area contributed by atoms with Crippen LogP contribution in [0.25, 0.3) is 11.1 Å². The van der Waals surface area contributed by atoms with Gasteiger partial charge in [0, 0.05) is 23.1 Å². The molecule has 4 N–H and O–H groups in total. The van der Waals surface area contributed by atoms with Gasteiger partial charge >= 0.3 is 0 Å². The third-order valence-electron chi connectivity index (χ3n) is 3.70. The van der Waals surface area contributed by atoms with Crippen LogP contribution in [0.5, 0.6) is 0 Å². The second kappa shape index (κ2) is 5.88. The minimum absolute atomic E-state index is 0.156. The summed E-state index contributed by atoms with van der Waals surface area (Å²) in [4.78, 5) is 12.2. The molecule has 5 nitrogen and oxygen atoms in total. The molecule has 0 aliphatic heterocycles. The summed E-state index contributed by atoms with van der Waals surface area (Å²) in [6, 6.07) is 13.2. The number of thiophene rings is 1. The van der Waals surface area contributed by atoms with Crippen molar-refractivity contribution in [3.05, 3.63) is 68.3 Å². The number of benzene rings is 1. The number of hydrogen-bond acceptors (Lipinski definition) is 4. The van der Waals surface area contributed by atoms with E-state index >= 15 is 0 Å². The monoisotopic (exact) mass is 324 g/mol. The van der Waals surface area contributed by atoms with Crippen molar-refractivity contribution < 1.29 is 0 Å². The summed E-state index contributed by atoms with van der Waals surface area (Å²) in [5, 5.41) is 16.4. The Bertz CT molecular complexity index is 926. The number of nitriles is 1. The lowest BCUT2D eigenvalue weighted by atomic mass is 9.94. The molecule has 0 aliphatic carbocycles. The highest BCUT2D eigenvalue weighted by Crippen LogP contribution is 2.33. The SMILES string of the molecule is C[C@](N)(Cc1cc(=O)[nH][nH]1)c1cc(-c2cccc(C#N)c2)cs1. The van der Waals surface area contributed by atoms with E-state index in [4.69, 9.17) is 11.0 Å². The van der Waals surface area contributed by atoms with Crippen LogP contribution in [0.4, 0.5) is 0 Å². The van der Waals surface area contributed by atoms with Crippen LogP contribution >= 0.6 is 11.3 Å². The van der Waals surface area contributed by atoms with Gasteiger partial charge in [-0.15, -0.1) is 11.3 Å². The van der Waals surface area contributed by atoms with E-state index in [9.17, 15) is 4.79 Å². The van der Waals surface area contributed by atoms with Crippen LogP contribution in [0, 0.1) is 11.3 Å². The maximum Gasteiger partial charge on any atom is 0.264 e. The molecule has 23 heavy (non-hydrogen) atoms. The van der Waals surface area contributed by atoms with E-state index in [1.807, 2.05) is 36.6 Å². The first-order valence-corrected chi connectivity index (χ1v) is 8.01. The third-order valence-corrected chi connectivity index (χ3v) is 4.91. The molecule has 0 saturated carbocycles. The van der Waals surface area contributed by atoms with Gasteiger partial charge in [-0.25, -0.2) is 0 Å². The van der Waals surface area contributed by atoms with Crippen LogP contribution in [-0.4, -0.2) is 10.2 Å². The number of nitrogens with two attached hydrogens (primary N) is 1. The van der Waals surface area contributed by atoms with E-state index in [2.05, 4.69) is 16.3 Å². The Hall–Kier alpha value is -2.62. The van der Waals surface area contributed by atoms with Gasteiger partial charge in [-0.3, -0.25) is 9.89 Å². The Morgan fingerprint density at radius 3 is 2.78 bits per heavy atom. The first-order valence-electron chi connectivity index (χ1n) is 7.13.